The van der Waals surface area contributed by atoms with Crippen LogP contribution in [0.1, 0.15) is 6.42 Å². The van der Waals surface area contributed by atoms with Crippen molar-refractivity contribution in [1.29, 1.82) is 0 Å². The molecule has 0 radical (unpaired) electrons. The summed E-state index contributed by atoms with van der Waals surface area (Å²) in [6.45, 7) is -0.0593. The molecule has 0 aromatic heterocycles. The van der Waals surface area contributed by atoms with Crippen LogP contribution in [0.25, 0.3) is 0 Å². The van der Waals surface area contributed by atoms with Crippen molar-refractivity contribution in [3.8, 4) is 0 Å². The normalized spacial score (nSPS) is 11.3. The highest BCUT2D eigenvalue weighted by molar-refractivity contribution is 7.91. The lowest BCUT2D eigenvalue weighted by Gasteiger charge is -2.17. The molecule has 0 aliphatic rings. The van der Waals surface area contributed by atoms with E-state index in [1.807, 2.05) is 0 Å². The molecule has 1 rings (SSSR count). The van der Waals surface area contributed by atoms with Crippen molar-refractivity contribution < 1.29 is 31.9 Å². The average molecular weight is 336 g/mol. The van der Waals surface area contributed by atoms with Gasteiger partial charge < -0.3 is 15.3 Å². The van der Waals surface area contributed by atoms with E-state index in [0.717, 1.165) is 17.0 Å². The number of aliphatic carboxylic acids is 1. The van der Waals surface area contributed by atoms with Crippen LogP contribution in [-0.4, -0.2) is 49.8 Å². The monoisotopic (exact) mass is 336 g/mol. The second-order valence-electron chi connectivity index (χ2n) is 4.33. The van der Waals surface area contributed by atoms with Gasteiger partial charge in [0.1, 0.15) is 0 Å². The molecule has 0 aliphatic heterocycles. The van der Waals surface area contributed by atoms with Gasteiger partial charge in [-0.2, -0.15) is 8.78 Å². The number of carboxylic acid groups (broad SMARTS) is 1. The molecular formula is C12H14F2N2O5S. The summed E-state index contributed by atoms with van der Waals surface area (Å²) in [4.78, 5) is 22.6. The van der Waals surface area contributed by atoms with E-state index >= 15 is 0 Å². The molecule has 2 N–H and O–H groups in total. The first kappa shape index (κ1) is 17.8. The Morgan fingerprint density at radius 3 is 2.55 bits per heavy atom. The van der Waals surface area contributed by atoms with Gasteiger partial charge in [-0.25, -0.2) is 13.2 Å². The molecule has 1 aromatic rings. The van der Waals surface area contributed by atoms with Crippen LogP contribution >= 0.6 is 0 Å². The summed E-state index contributed by atoms with van der Waals surface area (Å²) in [6.07, 6.45) is -0.260. The average Bonchev–Trinajstić information content (AvgIpc) is 2.44. The van der Waals surface area contributed by atoms with Crippen LogP contribution in [0.5, 0.6) is 0 Å². The summed E-state index contributed by atoms with van der Waals surface area (Å²) in [7, 11) is -3.41. The van der Waals surface area contributed by atoms with Crippen molar-refractivity contribution in [2.45, 2.75) is 17.1 Å². The van der Waals surface area contributed by atoms with E-state index in [0.29, 0.717) is 0 Å². The topological polar surface area (TPSA) is 104 Å². The number of hydrogen-bond donors (Lipinski definition) is 2. The minimum Gasteiger partial charge on any atom is -0.481 e. The first-order valence-corrected chi connectivity index (χ1v) is 7.55. The Kier molecular flexibility index (Phi) is 5.80. The van der Waals surface area contributed by atoms with Crippen molar-refractivity contribution in [3.05, 3.63) is 24.3 Å². The quantitative estimate of drug-likeness (QED) is 0.821. The maximum atomic E-state index is 12.5. The number of hydrogen-bond acceptors (Lipinski definition) is 4. The standard InChI is InChI=1S/C12H14F2N2O5S/c1-16(6-5-10(17)18)12(19)15-8-3-2-4-9(7-8)22(20,21)11(13)14/h2-4,7,11H,5-6H2,1H3,(H,15,19)(H,17,18). The number of urea groups is 1. The van der Waals surface area contributed by atoms with Gasteiger partial charge in [0.05, 0.1) is 11.3 Å². The largest absolute Gasteiger partial charge is 0.481 e. The molecule has 0 atom stereocenters. The Hall–Kier alpha value is -2.23. The number of alkyl halides is 2. The minimum absolute atomic E-state index is 0.00824. The number of sulfone groups is 1. The van der Waals surface area contributed by atoms with E-state index in [9.17, 15) is 26.8 Å². The van der Waals surface area contributed by atoms with E-state index in [1.165, 1.54) is 19.2 Å². The first-order chi connectivity index (χ1) is 10.1. The maximum Gasteiger partial charge on any atom is 0.341 e. The molecular weight excluding hydrogens is 322 g/mol. The SMILES string of the molecule is CN(CCC(=O)O)C(=O)Nc1cccc(S(=O)(=O)C(F)F)c1. The van der Waals surface area contributed by atoms with Crippen molar-refractivity contribution in [1.82, 2.24) is 4.90 Å². The van der Waals surface area contributed by atoms with Gasteiger partial charge in [-0.1, -0.05) is 6.07 Å². The van der Waals surface area contributed by atoms with Gasteiger partial charge in [-0.05, 0) is 18.2 Å². The van der Waals surface area contributed by atoms with Crippen LogP contribution in [0.2, 0.25) is 0 Å². The van der Waals surface area contributed by atoms with Crippen molar-refractivity contribution in [2.75, 3.05) is 18.9 Å². The Labute approximate surface area is 125 Å². The molecule has 0 heterocycles. The molecule has 0 fully saturated rings. The molecule has 0 aliphatic carbocycles. The number of halogens is 2. The molecule has 2 amide bonds. The molecule has 0 saturated carbocycles. The molecule has 0 unspecified atom stereocenters. The van der Waals surface area contributed by atoms with Gasteiger partial charge in [0.25, 0.3) is 0 Å². The number of carbonyl (C=O) groups excluding carboxylic acids is 1. The zero-order chi connectivity index (χ0) is 16.9. The van der Waals surface area contributed by atoms with Crippen LogP contribution in [-0.2, 0) is 14.6 Å². The van der Waals surface area contributed by atoms with Crippen LogP contribution < -0.4 is 5.32 Å². The van der Waals surface area contributed by atoms with Crippen LogP contribution in [0.3, 0.4) is 0 Å². The predicted molar refractivity (Wildman–Crippen MR) is 73.5 cm³/mol. The molecule has 22 heavy (non-hydrogen) atoms. The third-order valence-electron chi connectivity index (χ3n) is 2.66. The number of rotatable bonds is 6. The number of nitrogens with one attached hydrogen (secondary N) is 1. The highest BCUT2D eigenvalue weighted by Gasteiger charge is 2.26. The Bertz CT molecular complexity index is 663. The summed E-state index contributed by atoms with van der Waals surface area (Å²) in [5.41, 5.74) is 0.00824. The second-order valence-corrected chi connectivity index (χ2v) is 6.25. The fourth-order valence-electron chi connectivity index (χ4n) is 1.44. The fraction of sp³-hybridized carbons (Fsp3) is 0.333. The van der Waals surface area contributed by atoms with Crippen LogP contribution in [0.15, 0.2) is 29.2 Å². The van der Waals surface area contributed by atoms with E-state index in [1.54, 1.807) is 0 Å². The van der Waals surface area contributed by atoms with Gasteiger partial charge in [-0.3, -0.25) is 4.79 Å². The summed E-state index contributed by atoms with van der Waals surface area (Å²) in [6, 6.07) is 3.75. The highest BCUT2D eigenvalue weighted by Crippen LogP contribution is 2.21. The highest BCUT2D eigenvalue weighted by atomic mass is 32.2. The van der Waals surface area contributed by atoms with E-state index in [-0.39, 0.29) is 18.7 Å². The Morgan fingerprint density at radius 1 is 1.36 bits per heavy atom. The third kappa shape index (κ3) is 4.65. The molecule has 0 bridgehead atoms. The zero-order valence-electron chi connectivity index (χ0n) is 11.5. The van der Waals surface area contributed by atoms with Gasteiger partial charge >= 0.3 is 17.8 Å². The number of benzene rings is 1. The van der Waals surface area contributed by atoms with Gasteiger partial charge in [0, 0.05) is 19.3 Å². The van der Waals surface area contributed by atoms with Crippen LogP contribution in [0.4, 0.5) is 19.3 Å². The fourth-order valence-corrected chi connectivity index (χ4v) is 2.20. The summed E-state index contributed by atoms with van der Waals surface area (Å²) in [5.74, 6) is -4.64. The summed E-state index contributed by atoms with van der Waals surface area (Å²) < 4.78 is 47.6. The minimum atomic E-state index is -4.75. The third-order valence-corrected chi connectivity index (χ3v) is 4.04. The number of carboxylic acids is 1. The van der Waals surface area contributed by atoms with E-state index in [2.05, 4.69) is 5.32 Å². The lowest BCUT2D eigenvalue weighted by molar-refractivity contribution is -0.137. The maximum absolute atomic E-state index is 12.5. The van der Waals surface area contributed by atoms with Gasteiger partial charge in [0.15, 0.2) is 0 Å². The smallest absolute Gasteiger partial charge is 0.341 e. The van der Waals surface area contributed by atoms with Crippen molar-refractivity contribution >= 4 is 27.5 Å². The number of nitrogens with zero attached hydrogens (tertiary/aromatic N) is 1. The Morgan fingerprint density at radius 2 is 2.00 bits per heavy atom. The van der Waals surface area contributed by atoms with E-state index < -0.39 is 32.5 Å². The lowest BCUT2D eigenvalue weighted by atomic mass is 10.3. The molecule has 122 valence electrons. The van der Waals surface area contributed by atoms with Crippen molar-refractivity contribution in [2.24, 2.45) is 0 Å². The Balaban J connectivity index is 2.83. The van der Waals surface area contributed by atoms with Gasteiger partial charge in [-0.15, -0.1) is 0 Å². The van der Waals surface area contributed by atoms with Crippen LogP contribution in [0, 0.1) is 0 Å². The van der Waals surface area contributed by atoms with E-state index in [4.69, 9.17) is 5.11 Å². The zero-order valence-corrected chi connectivity index (χ0v) is 12.3. The summed E-state index contributed by atoms with van der Waals surface area (Å²) in [5, 5.41) is 10.8. The molecule has 0 saturated heterocycles. The number of amides is 2. The molecule has 1 aromatic carbocycles. The molecule has 10 heteroatoms. The first-order valence-electron chi connectivity index (χ1n) is 6.00. The molecule has 0 spiro atoms. The molecule has 7 nitrogen and oxygen atoms in total. The lowest BCUT2D eigenvalue weighted by Crippen LogP contribution is -2.33. The van der Waals surface area contributed by atoms with Crippen molar-refractivity contribution in [3.63, 3.8) is 0 Å². The van der Waals surface area contributed by atoms with Gasteiger partial charge in [0.2, 0.25) is 9.84 Å². The predicted octanol–water partition coefficient (Wildman–Crippen LogP) is 1.62. The number of anilines is 1. The summed E-state index contributed by atoms with van der Waals surface area (Å²) >= 11 is 0. The second kappa shape index (κ2) is 7.16. The number of carbonyl (C=O) groups is 2.